The molecular formula is C17H14N2O2S. The summed E-state index contributed by atoms with van der Waals surface area (Å²) in [7, 11) is 0. The number of aliphatic imine (C=N–C) groups is 2. The van der Waals surface area contributed by atoms with Crippen LogP contribution in [0.25, 0.3) is 0 Å². The third-order valence-electron chi connectivity index (χ3n) is 3.45. The first-order valence-corrected chi connectivity index (χ1v) is 8.06. The highest BCUT2D eigenvalue weighted by molar-refractivity contribution is 8.08. The van der Waals surface area contributed by atoms with Crippen LogP contribution >= 0.6 is 11.0 Å². The van der Waals surface area contributed by atoms with Crippen molar-refractivity contribution >= 4 is 28.0 Å². The van der Waals surface area contributed by atoms with Crippen molar-refractivity contribution in [2.24, 2.45) is 9.98 Å². The van der Waals surface area contributed by atoms with Crippen molar-refractivity contribution in [1.29, 1.82) is 0 Å². The predicted octanol–water partition coefficient (Wildman–Crippen LogP) is 3.74. The molecule has 4 rings (SSSR count). The maximum atomic E-state index is 5.79. The number of aryl methyl sites for hydroxylation is 2. The lowest BCUT2D eigenvalue weighted by Crippen LogP contribution is -2.05. The molecule has 0 amide bonds. The standard InChI is InChI=1S/C17H14N2O2S/c1-11-3-7-13(8-4-11)15-18-17-19-16(21-22(17)20-15)14-9-5-12(2)6-10-14/h3-10H,1-2H3. The van der Waals surface area contributed by atoms with Crippen LogP contribution in [0, 0.1) is 13.8 Å². The summed E-state index contributed by atoms with van der Waals surface area (Å²) in [5.74, 6) is 1.15. The molecule has 0 bridgehead atoms. The molecule has 0 atom stereocenters. The SMILES string of the molecule is Cc1ccc(C2=NC3=S(O2)OC(c2ccc(C)cc2)=N3)cc1. The molecule has 0 aliphatic carbocycles. The molecule has 0 aromatic heterocycles. The van der Waals surface area contributed by atoms with Gasteiger partial charge in [0.1, 0.15) is 0 Å². The predicted molar refractivity (Wildman–Crippen MR) is 90.2 cm³/mol. The monoisotopic (exact) mass is 310 g/mol. The molecule has 110 valence electrons. The third kappa shape index (κ3) is 2.33. The average molecular weight is 310 g/mol. The number of rotatable bonds is 2. The minimum absolute atomic E-state index is 0.574. The van der Waals surface area contributed by atoms with E-state index in [2.05, 4.69) is 9.98 Å². The van der Waals surface area contributed by atoms with Crippen LogP contribution in [-0.4, -0.2) is 16.9 Å². The van der Waals surface area contributed by atoms with E-state index >= 15 is 0 Å². The van der Waals surface area contributed by atoms with E-state index in [9.17, 15) is 0 Å². The van der Waals surface area contributed by atoms with E-state index in [-0.39, 0.29) is 0 Å². The zero-order chi connectivity index (χ0) is 15.1. The van der Waals surface area contributed by atoms with Crippen LogP contribution in [0.1, 0.15) is 22.3 Å². The summed E-state index contributed by atoms with van der Waals surface area (Å²) < 4.78 is 11.6. The Morgan fingerprint density at radius 2 is 1.09 bits per heavy atom. The normalized spacial score (nSPS) is 16.7. The van der Waals surface area contributed by atoms with Gasteiger partial charge in [-0.15, -0.1) is 0 Å². The van der Waals surface area contributed by atoms with Gasteiger partial charge in [0.2, 0.25) is 22.8 Å². The van der Waals surface area contributed by atoms with Gasteiger partial charge in [-0.3, -0.25) is 0 Å². The fourth-order valence-electron chi connectivity index (χ4n) is 2.16. The maximum absolute atomic E-state index is 5.79. The Kier molecular flexibility index (Phi) is 3.08. The lowest BCUT2D eigenvalue weighted by molar-refractivity contribution is 0.539. The van der Waals surface area contributed by atoms with E-state index < -0.39 is 11.0 Å². The van der Waals surface area contributed by atoms with Crippen LogP contribution in [0.5, 0.6) is 0 Å². The van der Waals surface area contributed by atoms with Gasteiger partial charge in [0.05, 0.1) is 0 Å². The molecule has 0 N–H and O–H groups in total. The average Bonchev–Trinajstić information content (AvgIpc) is 3.07. The molecule has 0 unspecified atom stereocenters. The van der Waals surface area contributed by atoms with Crippen molar-refractivity contribution in [3.05, 3.63) is 70.8 Å². The van der Waals surface area contributed by atoms with Crippen molar-refractivity contribution in [2.75, 3.05) is 0 Å². The molecular weight excluding hydrogens is 296 g/mol. The second kappa shape index (κ2) is 5.10. The second-order valence-electron chi connectivity index (χ2n) is 5.25. The van der Waals surface area contributed by atoms with Crippen molar-refractivity contribution in [3.63, 3.8) is 0 Å². The molecule has 4 nitrogen and oxygen atoms in total. The van der Waals surface area contributed by atoms with Gasteiger partial charge in [0.25, 0.3) is 5.11 Å². The molecule has 0 fully saturated rings. The van der Waals surface area contributed by atoms with Crippen LogP contribution in [0.3, 0.4) is 0 Å². The lowest BCUT2D eigenvalue weighted by Gasteiger charge is -2.07. The molecule has 22 heavy (non-hydrogen) atoms. The molecule has 0 saturated carbocycles. The zero-order valence-corrected chi connectivity index (χ0v) is 13.1. The Hall–Kier alpha value is -2.40. The van der Waals surface area contributed by atoms with E-state index in [4.69, 9.17) is 8.37 Å². The summed E-state index contributed by atoms with van der Waals surface area (Å²) in [5, 5.41) is 0.603. The first kappa shape index (κ1) is 13.3. The van der Waals surface area contributed by atoms with Crippen LogP contribution in [0.4, 0.5) is 0 Å². The summed E-state index contributed by atoms with van der Waals surface area (Å²) in [6.45, 7) is 4.10. The van der Waals surface area contributed by atoms with Crippen molar-refractivity contribution in [1.82, 2.24) is 0 Å². The van der Waals surface area contributed by atoms with Crippen LogP contribution < -0.4 is 0 Å². The molecule has 2 aromatic carbocycles. The third-order valence-corrected chi connectivity index (χ3v) is 4.55. The Balaban J connectivity index is 1.59. The largest absolute Gasteiger partial charge is 0.376 e. The van der Waals surface area contributed by atoms with Crippen LogP contribution in [-0.2, 0) is 8.37 Å². The fourth-order valence-corrected chi connectivity index (χ4v) is 3.21. The van der Waals surface area contributed by atoms with E-state index in [1.54, 1.807) is 0 Å². The van der Waals surface area contributed by atoms with E-state index in [0.29, 0.717) is 16.9 Å². The number of benzene rings is 2. The zero-order valence-electron chi connectivity index (χ0n) is 12.2. The van der Waals surface area contributed by atoms with Gasteiger partial charge in [-0.25, -0.2) is 0 Å². The van der Waals surface area contributed by atoms with Gasteiger partial charge < -0.3 is 8.37 Å². The summed E-state index contributed by atoms with van der Waals surface area (Å²) in [4.78, 5) is 8.91. The molecule has 2 aliphatic rings. The first-order chi connectivity index (χ1) is 10.7. The quantitative estimate of drug-likeness (QED) is 0.793. The minimum Gasteiger partial charge on any atom is -0.376 e. The van der Waals surface area contributed by atoms with Crippen molar-refractivity contribution in [2.45, 2.75) is 13.8 Å². The maximum Gasteiger partial charge on any atom is 0.262 e. The van der Waals surface area contributed by atoms with Gasteiger partial charge in [0, 0.05) is 11.1 Å². The number of hydrogen-bond donors (Lipinski definition) is 0. The lowest BCUT2D eigenvalue weighted by atomic mass is 10.1. The Morgan fingerprint density at radius 1 is 0.682 bits per heavy atom. The second-order valence-corrected chi connectivity index (χ2v) is 6.42. The van der Waals surface area contributed by atoms with Gasteiger partial charge in [-0.05, 0) is 38.1 Å². The van der Waals surface area contributed by atoms with Crippen molar-refractivity contribution < 1.29 is 8.37 Å². The molecule has 0 saturated heterocycles. The highest BCUT2D eigenvalue weighted by atomic mass is 32.2. The summed E-state index contributed by atoms with van der Waals surface area (Å²) in [5.41, 5.74) is 4.29. The molecule has 2 aromatic rings. The van der Waals surface area contributed by atoms with E-state index in [1.807, 2.05) is 62.4 Å². The number of nitrogens with zero attached hydrogens (tertiary/aromatic N) is 2. The van der Waals surface area contributed by atoms with Crippen molar-refractivity contribution in [3.8, 4) is 0 Å². The summed E-state index contributed by atoms with van der Waals surface area (Å²) >= 11 is -0.830. The highest BCUT2D eigenvalue weighted by Gasteiger charge is 2.29. The molecule has 0 spiro atoms. The minimum atomic E-state index is -0.830. The van der Waals surface area contributed by atoms with E-state index in [1.165, 1.54) is 11.1 Å². The summed E-state index contributed by atoms with van der Waals surface area (Å²) in [6, 6.07) is 16.1. The van der Waals surface area contributed by atoms with E-state index in [0.717, 1.165) is 11.1 Å². The van der Waals surface area contributed by atoms with Crippen LogP contribution in [0.2, 0.25) is 0 Å². The molecule has 0 radical (unpaired) electrons. The Labute approximate surface area is 131 Å². The smallest absolute Gasteiger partial charge is 0.262 e. The van der Waals surface area contributed by atoms with Gasteiger partial charge in [0.15, 0.2) is 0 Å². The molecule has 2 heterocycles. The Bertz CT molecular complexity index is 764. The fraction of sp³-hybridized carbons (Fsp3) is 0.118. The summed E-state index contributed by atoms with van der Waals surface area (Å²) in [6.07, 6.45) is 0. The van der Waals surface area contributed by atoms with Crippen LogP contribution in [0.15, 0.2) is 58.5 Å². The number of hydrogen-bond acceptors (Lipinski definition) is 4. The van der Waals surface area contributed by atoms with Gasteiger partial charge in [-0.1, -0.05) is 35.4 Å². The van der Waals surface area contributed by atoms with Gasteiger partial charge >= 0.3 is 0 Å². The highest BCUT2D eigenvalue weighted by Crippen LogP contribution is 2.34. The van der Waals surface area contributed by atoms with Gasteiger partial charge in [-0.2, -0.15) is 9.98 Å². The topological polar surface area (TPSA) is 43.2 Å². The first-order valence-electron chi connectivity index (χ1n) is 6.98. The molecule has 2 aliphatic heterocycles. The Morgan fingerprint density at radius 3 is 1.45 bits per heavy atom. The molecule has 5 heteroatoms.